The molecule has 0 aromatic heterocycles. The van der Waals surface area contributed by atoms with Crippen LogP contribution in [-0.2, 0) is 4.74 Å². The lowest BCUT2D eigenvalue weighted by Gasteiger charge is -2.10. The number of hydrogen-bond acceptors (Lipinski definition) is 3. The van der Waals surface area contributed by atoms with Crippen molar-refractivity contribution in [1.29, 1.82) is 0 Å². The fraction of sp³-hybridized carbons (Fsp3) is 0.562. The number of rotatable bonds is 6. The molecule has 1 aliphatic heterocycles. The van der Waals surface area contributed by atoms with E-state index in [-0.39, 0.29) is 5.78 Å². The second-order valence-corrected chi connectivity index (χ2v) is 5.15. The number of benzene rings is 1. The smallest absolute Gasteiger partial charge is 0.166 e. The summed E-state index contributed by atoms with van der Waals surface area (Å²) in [4.78, 5) is 12.2. The molecule has 1 aromatic carbocycles. The van der Waals surface area contributed by atoms with Crippen molar-refractivity contribution in [3.8, 4) is 5.75 Å². The molecule has 0 N–H and O–H groups in total. The van der Waals surface area contributed by atoms with Crippen LogP contribution >= 0.6 is 0 Å². The van der Waals surface area contributed by atoms with Crippen LogP contribution in [0.1, 0.15) is 48.0 Å². The molecule has 19 heavy (non-hydrogen) atoms. The van der Waals surface area contributed by atoms with Crippen LogP contribution < -0.4 is 4.74 Å². The predicted octanol–water partition coefficient (Wildman–Crippen LogP) is 3.54. The average Bonchev–Trinajstić information content (AvgIpc) is 2.91. The van der Waals surface area contributed by atoms with Gasteiger partial charge in [0.1, 0.15) is 5.75 Å². The van der Waals surface area contributed by atoms with Crippen molar-refractivity contribution in [3.05, 3.63) is 29.3 Å². The first-order chi connectivity index (χ1) is 9.20. The average molecular weight is 262 g/mol. The molecule has 3 heteroatoms. The van der Waals surface area contributed by atoms with Gasteiger partial charge >= 0.3 is 0 Å². The van der Waals surface area contributed by atoms with Gasteiger partial charge in [-0.3, -0.25) is 4.79 Å². The SMILES string of the molecule is COc1ccc(C)cc1C(=O)CCCC1CCCO1. The molecule has 1 aromatic rings. The summed E-state index contributed by atoms with van der Waals surface area (Å²) in [6.07, 6.45) is 5.11. The van der Waals surface area contributed by atoms with E-state index in [2.05, 4.69) is 0 Å². The van der Waals surface area contributed by atoms with Gasteiger partial charge in [-0.2, -0.15) is 0 Å². The molecule has 1 atom stereocenters. The van der Waals surface area contributed by atoms with Crippen LogP contribution in [0.5, 0.6) is 5.75 Å². The summed E-state index contributed by atoms with van der Waals surface area (Å²) in [5.74, 6) is 0.839. The lowest BCUT2D eigenvalue weighted by molar-refractivity contribution is 0.0920. The fourth-order valence-electron chi connectivity index (χ4n) is 2.54. The normalized spacial score (nSPS) is 18.5. The fourth-order valence-corrected chi connectivity index (χ4v) is 2.54. The Morgan fingerprint density at radius 2 is 2.32 bits per heavy atom. The lowest BCUT2D eigenvalue weighted by atomic mass is 10.0. The number of hydrogen-bond donors (Lipinski definition) is 0. The van der Waals surface area contributed by atoms with Crippen LogP contribution in [0.4, 0.5) is 0 Å². The Morgan fingerprint density at radius 1 is 1.47 bits per heavy atom. The van der Waals surface area contributed by atoms with E-state index in [1.807, 2.05) is 25.1 Å². The Hall–Kier alpha value is -1.35. The summed E-state index contributed by atoms with van der Waals surface area (Å²) in [5.41, 5.74) is 1.79. The Labute approximate surface area is 114 Å². The van der Waals surface area contributed by atoms with Gasteiger partial charge in [0.2, 0.25) is 0 Å². The first kappa shape index (κ1) is 14.1. The predicted molar refractivity (Wildman–Crippen MR) is 74.9 cm³/mol. The summed E-state index contributed by atoms with van der Waals surface area (Å²) in [6.45, 7) is 2.87. The summed E-state index contributed by atoms with van der Waals surface area (Å²) in [7, 11) is 1.60. The highest BCUT2D eigenvalue weighted by molar-refractivity contribution is 5.98. The lowest BCUT2D eigenvalue weighted by Crippen LogP contribution is -2.07. The summed E-state index contributed by atoms with van der Waals surface area (Å²) in [5, 5.41) is 0. The van der Waals surface area contributed by atoms with E-state index < -0.39 is 0 Å². The van der Waals surface area contributed by atoms with Gasteiger partial charge in [0.25, 0.3) is 0 Å². The number of carbonyl (C=O) groups is 1. The minimum absolute atomic E-state index is 0.165. The van der Waals surface area contributed by atoms with Crippen LogP contribution in [0, 0.1) is 6.92 Å². The monoisotopic (exact) mass is 262 g/mol. The molecule has 1 unspecified atom stereocenters. The van der Waals surface area contributed by atoms with Gasteiger partial charge in [-0.1, -0.05) is 11.6 Å². The van der Waals surface area contributed by atoms with Gasteiger partial charge in [0.05, 0.1) is 18.8 Å². The molecular formula is C16H22O3. The largest absolute Gasteiger partial charge is 0.496 e. The molecule has 3 nitrogen and oxygen atoms in total. The molecule has 1 saturated heterocycles. The zero-order valence-electron chi connectivity index (χ0n) is 11.8. The highest BCUT2D eigenvalue weighted by Crippen LogP contribution is 2.23. The second-order valence-electron chi connectivity index (χ2n) is 5.15. The molecule has 0 aliphatic carbocycles. The number of Topliss-reactive ketones (excluding diaryl/α,β-unsaturated/α-hetero) is 1. The molecule has 0 saturated carbocycles. The number of carbonyl (C=O) groups excluding carboxylic acids is 1. The van der Waals surface area contributed by atoms with Gasteiger partial charge in [0, 0.05) is 13.0 Å². The molecule has 0 amide bonds. The first-order valence-electron chi connectivity index (χ1n) is 7.00. The molecule has 0 bridgehead atoms. The van der Waals surface area contributed by atoms with Crippen molar-refractivity contribution < 1.29 is 14.3 Å². The molecule has 2 rings (SSSR count). The maximum Gasteiger partial charge on any atom is 0.166 e. The van der Waals surface area contributed by atoms with Gasteiger partial charge in [-0.25, -0.2) is 0 Å². The van der Waals surface area contributed by atoms with Crippen molar-refractivity contribution in [2.45, 2.75) is 45.1 Å². The van der Waals surface area contributed by atoms with E-state index in [0.29, 0.717) is 23.8 Å². The van der Waals surface area contributed by atoms with Gasteiger partial charge in [0.15, 0.2) is 5.78 Å². The molecule has 0 radical (unpaired) electrons. The Bertz CT molecular complexity index is 434. The minimum Gasteiger partial charge on any atom is -0.496 e. The Balaban J connectivity index is 1.89. The summed E-state index contributed by atoms with van der Waals surface area (Å²) < 4.78 is 10.8. The molecule has 1 fully saturated rings. The third-order valence-corrected chi connectivity index (χ3v) is 3.61. The molecule has 1 heterocycles. The number of ether oxygens (including phenoxy) is 2. The van der Waals surface area contributed by atoms with Crippen molar-refractivity contribution in [2.75, 3.05) is 13.7 Å². The van der Waals surface area contributed by atoms with Crippen LogP contribution in [0.15, 0.2) is 18.2 Å². The highest BCUT2D eigenvalue weighted by atomic mass is 16.5. The topological polar surface area (TPSA) is 35.5 Å². The third kappa shape index (κ3) is 3.80. The maximum atomic E-state index is 12.2. The van der Waals surface area contributed by atoms with Gasteiger partial charge in [-0.05, 0) is 44.7 Å². The van der Waals surface area contributed by atoms with Crippen LogP contribution in [0.2, 0.25) is 0 Å². The van der Waals surface area contributed by atoms with Gasteiger partial charge in [-0.15, -0.1) is 0 Å². The zero-order chi connectivity index (χ0) is 13.7. The molecular weight excluding hydrogens is 240 g/mol. The highest BCUT2D eigenvalue weighted by Gasteiger charge is 2.17. The minimum atomic E-state index is 0.165. The van der Waals surface area contributed by atoms with Gasteiger partial charge < -0.3 is 9.47 Å². The van der Waals surface area contributed by atoms with E-state index in [4.69, 9.17) is 9.47 Å². The third-order valence-electron chi connectivity index (χ3n) is 3.61. The number of ketones is 1. The van der Waals surface area contributed by atoms with E-state index in [9.17, 15) is 4.79 Å². The molecule has 104 valence electrons. The number of methoxy groups -OCH3 is 1. The van der Waals surface area contributed by atoms with E-state index >= 15 is 0 Å². The standard InChI is InChI=1S/C16H22O3/c1-12-8-9-16(18-2)14(11-12)15(17)7-3-5-13-6-4-10-19-13/h8-9,11,13H,3-7,10H2,1-2H3. The Morgan fingerprint density at radius 3 is 3.00 bits per heavy atom. The van der Waals surface area contributed by atoms with Crippen molar-refractivity contribution in [2.24, 2.45) is 0 Å². The Kier molecular flexibility index (Phi) is 4.97. The number of aryl methyl sites for hydroxylation is 1. The van der Waals surface area contributed by atoms with Crippen molar-refractivity contribution in [3.63, 3.8) is 0 Å². The van der Waals surface area contributed by atoms with E-state index in [0.717, 1.165) is 37.9 Å². The maximum absolute atomic E-state index is 12.2. The summed E-state index contributed by atoms with van der Waals surface area (Å²) >= 11 is 0. The summed E-state index contributed by atoms with van der Waals surface area (Å²) in [6, 6.07) is 5.73. The van der Waals surface area contributed by atoms with Crippen molar-refractivity contribution >= 4 is 5.78 Å². The van der Waals surface area contributed by atoms with Crippen LogP contribution in [0.3, 0.4) is 0 Å². The second kappa shape index (κ2) is 6.71. The van der Waals surface area contributed by atoms with Crippen molar-refractivity contribution in [1.82, 2.24) is 0 Å². The van der Waals surface area contributed by atoms with Crippen LogP contribution in [-0.4, -0.2) is 25.6 Å². The zero-order valence-corrected chi connectivity index (χ0v) is 11.8. The quantitative estimate of drug-likeness (QED) is 0.736. The van der Waals surface area contributed by atoms with Crippen LogP contribution in [0.25, 0.3) is 0 Å². The van der Waals surface area contributed by atoms with E-state index in [1.165, 1.54) is 0 Å². The molecule has 1 aliphatic rings. The molecule has 0 spiro atoms. The first-order valence-corrected chi connectivity index (χ1v) is 7.00. The van der Waals surface area contributed by atoms with E-state index in [1.54, 1.807) is 7.11 Å².